The first-order chi connectivity index (χ1) is 13.2. The SMILES string of the molecule is Cc1ccnc(Nc2cccc(-c3cnc(-c4cccc(C#N)c4)s3)n2)n1. The van der Waals surface area contributed by atoms with Crippen molar-refractivity contribution >= 4 is 23.1 Å². The van der Waals surface area contributed by atoms with E-state index in [0.29, 0.717) is 17.3 Å². The summed E-state index contributed by atoms with van der Waals surface area (Å²) in [5.74, 6) is 1.18. The van der Waals surface area contributed by atoms with E-state index in [0.717, 1.165) is 26.8 Å². The Labute approximate surface area is 160 Å². The van der Waals surface area contributed by atoms with E-state index < -0.39 is 0 Å². The number of benzene rings is 1. The minimum Gasteiger partial charge on any atom is -0.309 e. The number of pyridine rings is 1. The number of nitriles is 1. The summed E-state index contributed by atoms with van der Waals surface area (Å²) in [4.78, 5) is 18.6. The summed E-state index contributed by atoms with van der Waals surface area (Å²) in [5.41, 5.74) is 3.24. The standard InChI is InChI=1S/C20H14N6S/c1-13-8-9-22-20(24-13)26-18-7-3-6-16(25-18)17-12-23-19(27-17)15-5-2-4-14(10-15)11-21/h2-10,12H,1H3,(H,22,24,25,26). The lowest BCUT2D eigenvalue weighted by Gasteiger charge is -2.05. The summed E-state index contributed by atoms with van der Waals surface area (Å²) in [6.07, 6.45) is 3.51. The monoisotopic (exact) mass is 370 g/mol. The molecule has 7 heteroatoms. The third-order valence-corrected chi connectivity index (χ3v) is 4.85. The number of nitrogens with zero attached hydrogens (tertiary/aromatic N) is 5. The molecule has 0 aliphatic heterocycles. The largest absolute Gasteiger partial charge is 0.309 e. The highest BCUT2D eigenvalue weighted by atomic mass is 32.1. The molecule has 0 saturated carbocycles. The topological polar surface area (TPSA) is 87.4 Å². The number of aromatic nitrogens is 4. The van der Waals surface area contributed by atoms with Crippen LogP contribution in [0.1, 0.15) is 11.3 Å². The zero-order chi connectivity index (χ0) is 18.6. The summed E-state index contributed by atoms with van der Waals surface area (Å²) >= 11 is 1.53. The fourth-order valence-electron chi connectivity index (χ4n) is 2.51. The van der Waals surface area contributed by atoms with Gasteiger partial charge in [-0.2, -0.15) is 5.26 Å². The Kier molecular flexibility index (Phi) is 4.56. The van der Waals surface area contributed by atoms with Crippen molar-refractivity contribution in [1.29, 1.82) is 5.26 Å². The normalized spacial score (nSPS) is 10.4. The van der Waals surface area contributed by atoms with E-state index in [1.165, 1.54) is 11.3 Å². The molecule has 3 aromatic heterocycles. The lowest BCUT2D eigenvalue weighted by molar-refractivity contribution is 1.10. The number of hydrogen-bond donors (Lipinski definition) is 1. The lowest BCUT2D eigenvalue weighted by atomic mass is 10.1. The first kappa shape index (κ1) is 16.8. The van der Waals surface area contributed by atoms with Crippen LogP contribution in [0.15, 0.2) is 60.9 Å². The molecule has 0 spiro atoms. The number of rotatable bonds is 4. The van der Waals surface area contributed by atoms with Crippen molar-refractivity contribution < 1.29 is 0 Å². The van der Waals surface area contributed by atoms with Gasteiger partial charge >= 0.3 is 0 Å². The van der Waals surface area contributed by atoms with Crippen molar-refractivity contribution in [3.8, 4) is 27.2 Å². The Morgan fingerprint density at radius 2 is 1.93 bits per heavy atom. The molecular weight excluding hydrogens is 356 g/mol. The average Bonchev–Trinajstić information content (AvgIpc) is 3.19. The van der Waals surface area contributed by atoms with Gasteiger partial charge in [0, 0.05) is 23.7 Å². The fraction of sp³-hybridized carbons (Fsp3) is 0.0500. The van der Waals surface area contributed by atoms with Crippen LogP contribution in [0.4, 0.5) is 11.8 Å². The molecular formula is C20H14N6S. The Morgan fingerprint density at radius 1 is 1.04 bits per heavy atom. The van der Waals surface area contributed by atoms with Crippen LogP contribution in [-0.4, -0.2) is 19.9 Å². The van der Waals surface area contributed by atoms with Gasteiger partial charge in [0.15, 0.2) is 0 Å². The molecule has 0 atom stereocenters. The molecule has 3 heterocycles. The van der Waals surface area contributed by atoms with Gasteiger partial charge in [-0.05, 0) is 37.3 Å². The third-order valence-electron chi connectivity index (χ3n) is 3.78. The predicted octanol–water partition coefficient (Wildman–Crippen LogP) is 4.59. The molecule has 0 saturated heterocycles. The number of nitrogens with one attached hydrogen (secondary N) is 1. The molecule has 0 aliphatic carbocycles. The van der Waals surface area contributed by atoms with E-state index >= 15 is 0 Å². The van der Waals surface area contributed by atoms with Crippen LogP contribution in [0, 0.1) is 18.3 Å². The summed E-state index contributed by atoms with van der Waals surface area (Å²) in [7, 11) is 0. The van der Waals surface area contributed by atoms with E-state index in [4.69, 9.17) is 5.26 Å². The van der Waals surface area contributed by atoms with Gasteiger partial charge in [0.1, 0.15) is 10.8 Å². The van der Waals surface area contributed by atoms with Gasteiger partial charge in [-0.15, -0.1) is 11.3 Å². The second kappa shape index (κ2) is 7.32. The molecule has 0 bridgehead atoms. The fourth-order valence-corrected chi connectivity index (χ4v) is 3.40. The Morgan fingerprint density at radius 3 is 2.78 bits per heavy atom. The van der Waals surface area contributed by atoms with Gasteiger partial charge in [-0.1, -0.05) is 18.2 Å². The van der Waals surface area contributed by atoms with Crippen LogP contribution in [0.2, 0.25) is 0 Å². The smallest absolute Gasteiger partial charge is 0.228 e. The van der Waals surface area contributed by atoms with Crippen molar-refractivity contribution in [3.63, 3.8) is 0 Å². The molecule has 0 radical (unpaired) electrons. The zero-order valence-corrected chi connectivity index (χ0v) is 15.2. The maximum Gasteiger partial charge on any atom is 0.228 e. The van der Waals surface area contributed by atoms with Crippen molar-refractivity contribution in [2.45, 2.75) is 6.92 Å². The molecule has 6 nitrogen and oxygen atoms in total. The molecule has 0 amide bonds. The molecule has 0 unspecified atom stereocenters. The summed E-state index contributed by atoms with van der Waals surface area (Å²) in [6.45, 7) is 1.91. The van der Waals surface area contributed by atoms with Crippen LogP contribution in [0.5, 0.6) is 0 Å². The quantitative estimate of drug-likeness (QED) is 0.565. The van der Waals surface area contributed by atoms with Crippen molar-refractivity contribution in [2.24, 2.45) is 0 Å². The maximum atomic E-state index is 9.07. The van der Waals surface area contributed by atoms with Crippen LogP contribution in [-0.2, 0) is 0 Å². The van der Waals surface area contributed by atoms with Gasteiger partial charge in [0.25, 0.3) is 0 Å². The first-order valence-corrected chi connectivity index (χ1v) is 9.03. The number of aryl methyl sites for hydroxylation is 1. The van der Waals surface area contributed by atoms with E-state index in [2.05, 4.69) is 31.3 Å². The van der Waals surface area contributed by atoms with E-state index in [-0.39, 0.29) is 0 Å². The molecule has 1 aromatic carbocycles. The minimum atomic E-state index is 0.512. The molecule has 130 valence electrons. The Hall–Kier alpha value is -3.63. The van der Waals surface area contributed by atoms with Gasteiger partial charge in [-0.25, -0.2) is 19.9 Å². The molecule has 0 aliphatic rings. The highest BCUT2D eigenvalue weighted by Crippen LogP contribution is 2.32. The summed E-state index contributed by atoms with van der Waals surface area (Å²) in [5, 5.41) is 13.0. The lowest BCUT2D eigenvalue weighted by Crippen LogP contribution is -1.99. The zero-order valence-electron chi connectivity index (χ0n) is 14.4. The van der Waals surface area contributed by atoms with Crippen LogP contribution >= 0.6 is 11.3 Å². The molecule has 1 N–H and O–H groups in total. The van der Waals surface area contributed by atoms with Crippen LogP contribution in [0.3, 0.4) is 0 Å². The second-order valence-electron chi connectivity index (χ2n) is 5.78. The first-order valence-electron chi connectivity index (χ1n) is 8.22. The second-order valence-corrected chi connectivity index (χ2v) is 6.81. The highest BCUT2D eigenvalue weighted by Gasteiger charge is 2.09. The maximum absolute atomic E-state index is 9.07. The number of thiazole rings is 1. The third kappa shape index (κ3) is 3.81. The van der Waals surface area contributed by atoms with Crippen molar-refractivity contribution in [3.05, 3.63) is 72.2 Å². The molecule has 0 fully saturated rings. The van der Waals surface area contributed by atoms with Crippen LogP contribution < -0.4 is 5.32 Å². The predicted molar refractivity (Wildman–Crippen MR) is 106 cm³/mol. The van der Waals surface area contributed by atoms with Gasteiger partial charge in [0.2, 0.25) is 5.95 Å². The summed E-state index contributed by atoms with van der Waals surface area (Å²) in [6, 6.07) is 17.2. The van der Waals surface area contributed by atoms with Gasteiger partial charge in [-0.3, -0.25) is 0 Å². The average molecular weight is 370 g/mol. The number of hydrogen-bond acceptors (Lipinski definition) is 7. The molecule has 4 rings (SSSR count). The van der Waals surface area contributed by atoms with Crippen molar-refractivity contribution in [1.82, 2.24) is 19.9 Å². The van der Waals surface area contributed by atoms with Gasteiger partial charge < -0.3 is 5.32 Å². The minimum absolute atomic E-state index is 0.512. The Bertz CT molecular complexity index is 1140. The molecule has 27 heavy (non-hydrogen) atoms. The van der Waals surface area contributed by atoms with Gasteiger partial charge in [0.05, 0.1) is 22.2 Å². The number of anilines is 2. The van der Waals surface area contributed by atoms with Crippen molar-refractivity contribution in [2.75, 3.05) is 5.32 Å². The van der Waals surface area contributed by atoms with E-state index in [9.17, 15) is 0 Å². The Balaban J connectivity index is 1.61. The van der Waals surface area contributed by atoms with E-state index in [1.54, 1.807) is 18.5 Å². The summed E-state index contributed by atoms with van der Waals surface area (Å²) < 4.78 is 0. The van der Waals surface area contributed by atoms with E-state index in [1.807, 2.05) is 49.4 Å². The van der Waals surface area contributed by atoms with Crippen LogP contribution in [0.25, 0.3) is 21.1 Å². The molecule has 4 aromatic rings. The highest BCUT2D eigenvalue weighted by molar-refractivity contribution is 7.18.